The number of nitrogens with zero attached hydrogens (tertiary/aromatic N) is 1. The Bertz CT molecular complexity index is 374. The number of rotatable bonds is 4. The van der Waals surface area contributed by atoms with Crippen LogP contribution >= 0.6 is 11.3 Å². The number of methoxy groups -OCH3 is 1. The maximum atomic E-state index is 11.4. The average molecular weight is 242 g/mol. The molecule has 0 bridgehead atoms. The lowest BCUT2D eigenvalue weighted by molar-refractivity contribution is 0.0605. The Kier molecular flexibility index (Phi) is 4.44. The number of aryl methyl sites for hydroxylation is 1. The molecule has 0 saturated carbocycles. The van der Waals surface area contributed by atoms with Crippen LogP contribution in [0.3, 0.4) is 0 Å². The molecule has 1 heterocycles. The predicted octanol–water partition coefficient (Wildman–Crippen LogP) is 2.28. The van der Waals surface area contributed by atoms with Gasteiger partial charge in [0.2, 0.25) is 0 Å². The zero-order valence-corrected chi connectivity index (χ0v) is 10.9. The van der Waals surface area contributed by atoms with E-state index in [1.54, 1.807) is 6.92 Å². The minimum Gasteiger partial charge on any atom is -0.465 e. The summed E-state index contributed by atoms with van der Waals surface area (Å²) in [6.07, 6.45) is 0.869. The van der Waals surface area contributed by atoms with Gasteiger partial charge in [-0.3, -0.25) is 0 Å². The Morgan fingerprint density at radius 3 is 2.69 bits per heavy atom. The number of carbonyl (C=O) groups is 1. The first kappa shape index (κ1) is 13.1. The highest BCUT2D eigenvalue weighted by Crippen LogP contribution is 2.26. The smallest absolute Gasteiger partial charge is 0.349 e. The summed E-state index contributed by atoms with van der Waals surface area (Å²) in [7, 11) is 1.37. The van der Waals surface area contributed by atoms with E-state index in [0.717, 1.165) is 11.4 Å². The number of aromatic nitrogens is 1. The van der Waals surface area contributed by atoms with Crippen molar-refractivity contribution >= 4 is 17.3 Å². The molecule has 1 unspecified atom stereocenters. The monoisotopic (exact) mass is 242 g/mol. The molecule has 0 spiro atoms. The van der Waals surface area contributed by atoms with Gasteiger partial charge in [-0.25, -0.2) is 9.78 Å². The second-order valence-electron chi connectivity index (χ2n) is 4.19. The van der Waals surface area contributed by atoms with Crippen LogP contribution in [0.2, 0.25) is 0 Å². The number of carbonyl (C=O) groups excluding carboxylic acids is 1. The molecule has 0 fully saturated rings. The summed E-state index contributed by atoms with van der Waals surface area (Å²) >= 11 is 1.33. The lowest BCUT2D eigenvalue weighted by Gasteiger charge is -2.10. The van der Waals surface area contributed by atoms with Crippen LogP contribution in [0, 0.1) is 12.8 Å². The van der Waals surface area contributed by atoms with E-state index in [0.29, 0.717) is 16.5 Å². The molecule has 0 aromatic carbocycles. The van der Waals surface area contributed by atoms with E-state index in [2.05, 4.69) is 23.6 Å². The molecule has 5 heteroatoms. The Hall–Kier alpha value is -0.940. The van der Waals surface area contributed by atoms with Gasteiger partial charge in [0.15, 0.2) is 0 Å². The Balaban J connectivity index is 2.87. The van der Waals surface area contributed by atoms with Crippen molar-refractivity contribution in [1.82, 2.24) is 4.98 Å². The predicted molar refractivity (Wildman–Crippen MR) is 64.6 cm³/mol. The number of ether oxygens (including phenoxy) is 1. The first-order valence-electron chi connectivity index (χ1n) is 5.27. The highest BCUT2D eigenvalue weighted by Gasteiger charge is 2.19. The highest BCUT2D eigenvalue weighted by molar-refractivity contribution is 7.13. The molecular formula is C11H18N2O2S. The third kappa shape index (κ3) is 3.02. The highest BCUT2D eigenvalue weighted by atomic mass is 32.1. The van der Waals surface area contributed by atoms with E-state index >= 15 is 0 Å². The second kappa shape index (κ2) is 5.41. The van der Waals surface area contributed by atoms with E-state index in [-0.39, 0.29) is 12.0 Å². The molecule has 1 aromatic rings. The summed E-state index contributed by atoms with van der Waals surface area (Å²) in [6, 6.07) is -0.0953. The van der Waals surface area contributed by atoms with Crippen molar-refractivity contribution < 1.29 is 9.53 Å². The lowest BCUT2D eigenvalue weighted by Crippen LogP contribution is -2.12. The van der Waals surface area contributed by atoms with Gasteiger partial charge >= 0.3 is 5.97 Å². The third-order valence-electron chi connectivity index (χ3n) is 2.23. The maximum absolute atomic E-state index is 11.4. The molecule has 0 saturated heterocycles. The van der Waals surface area contributed by atoms with Gasteiger partial charge < -0.3 is 10.5 Å². The number of hydrogen-bond acceptors (Lipinski definition) is 5. The van der Waals surface area contributed by atoms with Crippen LogP contribution in [0.25, 0.3) is 0 Å². The first-order chi connectivity index (χ1) is 7.45. The minimum absolute atomic E-state index is 0.0953. The van der Waals surface area contributed by atoms with Crippen molar-refractivity contribution in [1.29, 1.82) is 0 Å². The summed E-state index contributed by atoms with van der Waals surface area (Å²) in [4.78, 5) is 16.3. The lowest BCUT2D eigenvalue weighted by atomic mass is 10.1. The summed E-state index contributed by atoms with van der Waals surface area (Å²) < 4.78 is 4.68. The minimum atomic E-state index is -0.335. The molecule has 4 nitrogen and oxygen atoms in total. The SMILES string of the molecule is COC(=O)c1sc(C(N)CC(C)C)nc1C. The topological polar surface area (TPSA) is 65.2 Å². The van der Waals surface area contributed by atoms with E-state index in [1.165, 1.54) is 18.4 Å². The van der Waals surface area contributed by atoms with Gasteiger partial charge in [-0.15, -0.1) is 11.3 Å². The molecule has 0 aliphatic carbocycles. The first-order valence-corrected chi connectivity index (χ1v) is 6.08. The van der Waals surface area contributed by atoms with Crippen LogP contribution < -0.4 is 5.73 Å². The number of nitrogens with two attached hydrogens (primary N) is 1. The molecule has 1 aromatic heterocycles. The fraction of sp³-hybridized carbons (Fsp3) is 0.636. The Morgan fingerprint density at radius 2 is 2.19 bits per heavy atom. The van der Waals surface area contributed by atoms with Crippen molar-refractivity contribution in [2.75, 3.05) is 7.11 Å². The summed E-state index contributed by atoms with van der Waals surface area (Å²) in [5, 5.41) is 0.812. The molecule has 1 rings (SSSR count). The van der Waals surface area contributed by atoms with Crippen LogP contribution in [0.15, 0.2) is 0 Å². The maximum Gasteiger partial charge on any atom is 0.349 e. The van der Waals surface area contributed by atoms with Gasteiger partial charge in [0.25, 0.3) is 0 Å². The van der Waals surface area contributed by atoms with Gasteiger partial charge in [0, 0.05) is 0 Å². The second-order valence-corrected chi connectivity index (χ2v) is 5.22. The summed E-state index contributed by atoms with van der Waals surface area (Å²) in [5.74, 6) is 0.179. The van der Waals surface area contributed by atoms with Crippen LogP contribution in [-0.2, 0) is 4.74 Å². The number of thiazole rings is 1. The molecular weight excluding hydrogens is 224 g/mol. The molecule has 16 heavy (non-hydrogen) atoms. The largest absolute Gasteiger partial charge is 0.465 e. The third-order valence-corrected chi connectivity index (χ3v) is 3.50. The van der Waals surface area contributed by atoms with E-state index in [1.807, 2.05) is 0 Å². The fourth-order valence-corrected chi connectivity index (χ4v) is 2.47. The fourth-order valence-electron chi connectivity index (χ4n) is 1.47. The Labute approximate surface area is 99.8 Å². The van der Waals surface area contributed by atoms with Crippen molar-refractivity contribution in [3.8, 4) is 0 Å². The quantitative estimate of drug-likeness (QED) is 0.823. The molecule has 0 aliphatic rings. The van der Waals surface area contributed by atoms with Gasteiger partial charge in [-0.05, 0) is 19.3 Å². The summed E-state index contributed by atoms with van der Waals surface area (Å²) in [6.45, 7) is 6.03. The van der Waals surface area contributed by atoms with Gasteiger partial charge in [-0.1, -0.05) is 13.8 Å². The number of hydrogen-bond donors (Lipinski definition) is 1. The van der Waals surface area contributed by atoms with Crippen molar-refractivity contribution in [2.24, 2.45) is 11.7 Å². The Morgan fingerprint density at radius 1 is 1.56 bits per heavy atom. The molecule has 0 aliphatic heterocycles. The van der Waals surface area contributed by atoms with Crippen molar-refractivity contribution in [3.63, 3.8) is 0 Å². The molecule has 0 amide bonds. The standard InChI is InChI=1S/C11H18N2O2S/c1-6(2)5-8(12)10-13-7(3)9(16-10)11(14)15-4/h6,8H,5,12H2,1-4H3. The van der Waals surface area contributed by atoms with E-state index < -0.39 is 0 Å². The number of esters is 1. The van der Waals surface area contributed by atoms with Gasteiger partial charge in [-0.2, -0.15) is 0 Å². The van der Waals surface area contributed by atoms with E-state index in [4.69, 9.17) is 5.73 Å². The molecule has 0 radical (unpaired) electrons. The van der Waals surface area contributed by atoms with Crippen LogP contribution in [0.5, 0.6) is 0 Å². The molecule has 1 atom stereocenters. The van der Waals surface area contributed by atoms with Crippen molar-refractivity contribution in [2.45, 2.75) is 33.2 Å². The normalized spacial score (nSPS) is 12.9. The average Bonchev–Trinajstić information content (AvgIpc) is 2.58. The molecule has 90 valence electrons. The van der Waals surface area contributed by atoms with Crippen LogP contribution in [-0.4, -0.2) is 18.1 Å². The van der Waals surface area contributed by atoms with Gasteiger partial charge in [0.1, 0.15) is 9.88 Å². The van der Waals surface area contributed by atoms with Crippen LogP contribution in [0.4, 0.5) is 0 Å². The van der Waals surface area contributed by atoms with Crippen molar-refractivity contribution in [3.05, 3.63) is 15.6 Å². The zero-order chi connectivity index (χ0) is 12.3. The molecule has 2 N–H and O–H groups in total. The van der Waals surface area contributed by atoms with Crippen LogP contribution in [0.1, 0.15) is 46.7 Å². The van der Waals surface area contributed by atoms with E-state index in [9.17, 15) is 4.79 Å². The zero-order valence-electron chi connectivity index (χ0n) is 10.1. The summed E-state index contributed by atoms with van der Waals surface area (Å²) in [5.41, 5.74) is 6.72. The van der Waals surface area contributed by atoms with Gasteiger partial charge in [0.05, 0.1) is 18.8 Å².